The number of benzene rings is 3. The van der Waals surface area contributed by atoms with Crippen LogP contribution in [0.5, 0.6) is 5.75 Å². The van der Waals surface area contributed by atoms with E-state index in [4.69, 9.17) is 44.6 Å². The molecule has 156 valence electrons. The quantitative estimate of drug-likeness (QED) is 0.309. The summed E-state index contributed by atoms with van der Waals surface area (Å²) in [6.07, 6.45) is -0.0238. The molecular formula is C22H14Cl3N3O3. The highest BCUT2D eigenvalue weighted by molar-refractivity contribution is 6.32. The fraction of sp³-hybridized carbons (Fsp3) is 0.136. The summed E-state index contributed by atoms with van der Waals surface area (Å²) in [6, 6.07) is 17.4. The van der Waals surface area contributed by atoms with Gasteiger partial charge in [-0.25, -0.2) is 5.01 Å². The van der Waals surface area contributed by atoms with Crippen LogP contribution >= 0.6 is 34.8 Å². The van der Waals surface area contributed by atoms with Crippen molar-refractivity contribution in [3.05, 3.63) is 103 Å². The first-order chi connectivity index (χ1) is 14.9. The predicted molar refractivity (Wildman–Crippen MR) is 120 cm³/mol. The van der Waals surface area contributed by atoms with Crippen molar-refractivity contribution in [1.29, 1.82) is 0 Å². The molecule has 6 nitrogen and oxygen atoms in total. The van der Waals surface area contributed by atoms with Crippen LogP contribution in [0.25, 0.3) is 0 Å². The number of fused-ring (bicyclic) bond motifs is 3. The Bertz CT molecular complexity index is 1230. The third kappa shape index (κ3) is 3.61. The summed E-state index contributed by atoms with van der Waals surface area (Å²) in [5, 5.41) is 19.4. The number of ether oxygens (including phenoxy) is 1. The van der Waals surface area contributed by atoms with E-state index in [0.717, 1.165) is 16.8 Å². The lowest BCUT2D eigenvalue weighted by Crippen LogP contribution is -2.33. The van der Waals surface area contributed by atoms with E-state index >= 15 is 0 Å². The zero-order valence-electron chi connectivity index (χ0n) is 15.8. The summed E-state index contributed by atoms with van der Waals surface area (Å²) in [4.78, 5) is 10.9. The van der Waals surface area contributed by atoms with Gasteiger partial charge in [-0.2, -0.15) is 5.10 Å². The molecule has 0 unspecified atom stereocenters. The van der Waals surface area contributed by atoms with Crippen molar-refractivity contribution in [3.63, 3.8) is 0 Å². The minimum atomic E-state index is -0.653. The van der Waals surface area contributed by atoms with Gasteiger partial charge in [-0.1, -0.05) is 53.0 Å². The zero-order valence-corrected chi connectivity index (χ0v) is 18.1. The summed E-state index contributed by atoms with van der Waals surface area (Å²) in [5.41, 5.74) is 3.14. The van der Waals surface area contributed by atoms with Gasteiger partial charge in [0.1, 0.15) is 10.8 Å². The molecule has 2 aliphatic heterocycles. The number of hydrazone groups is 1. The Morgan fingerprint density at radius 2 is 1.74 bits per heavy atom. The highest BCUT2D eigenvalue weighted by Gasteiger charge is 2.41. The van der Waals surface area contributed by atoms with E-state index in [-0.39, 0.29) is 16.8 Å². The molecule has 31 heavy (non-hydrogen) atoms. The maximum Gasteiger partial charge on any atom is 0.288 e. The molecule has 0 N–H and O–H groups in total. The molecule has 0 spiro atoms. The van der Waals surface area contributed by atoms with Crippen LogP contribution in [0.1, 0.15) is 35.4 Å². The van der Waals surface area contributed by atoms with Crippen LogP contribution in [0.3, 0.4) is 0 Å². The fourth-order valence-electron chi connectivity index (χ4n) is 3.92. The SMILES string of the molecule is O=[N+]([O-])c1cc([C@H]2Oc3ccc(Cl)cc3[C@@H]3CC(c4ccc(Cl)cc4)=NN23)ccc1Cl. The van der Waals surface area contributed by atoms with E-state index in [2.05, 4.69) is 0 Å². The number of nitro benzene ring substituents is 1. The van der Waals surface area contributed by atoms with Gasteiger partial charge in [-0.3, -0.25) is 10.1 Å². The number of hydrogen-bond acceptors (Lipinski definition) is 5. The fourth-order valence-corrected chi connectivity index (χ4v) is 4.41. The number of nitrogens with zero attached hydrogens (tertiary/aromatic N) is 3. The lowest BCUT2D eigenvalue weighted by Gasteiger charge is -2.38. The molecule has 0 amide bonds. The van der Waals surface area contributed by atoms with Crippen molar-refractivity contribution in [2.24, 2.45) is 5.10 Å². The van der Waals surface area contributed by atoms with Crippen molar-refractivity contribution >= 4 is 46.2 Å². The van der Waals surface area contributed by atoms with Crippen molar-refractivity contribution in [2.45, 2.75) is 18.7 Å². The molecule has 0 fully saturated rings. The molecular weight excluding hydrogens is 461 g/mol. The largest absolute Gasteiger partial charge is 0.464 e. The molecule has 3 aromatic rings. The van der Waals surface area contributed by atoms with Gasteiger partial charge in [0, 0.05) is 33.7 Å². The average molecular weight is 475 g/mol. The lowest BCUT2D eigenvalue weighted by atomic mass is 9.96. The molecule has 2 aliphatic rings. The highest BCUT2D eigenvalue weighted by atomic mass is 35.5. The molecule has 0 saturated carbocycles. The van der Waals surface area contributed by atoms with Gasteiger partial charge in [0.05, 0.1) is 16.7 Å². The second-order valence-corrected chi connectivity index (χ2v) is 8.55. The number of nitro groups is 1. The molecule has 0 radical (unpaired) electrons. The average Bonchev–Trinajstić information content (AvgIpc) is 3.20. The molecule has 9 heteroatoms. The van der Waals surface area contributed by atoms with Crippen LogP contribution in [-0.4, -0.2) is 15.6 Å². The molecule has 2 heterocycles. The van der Waals surface area contributed by atoms with Gasteiger partial charge in [0.15, 0.2) is 0 Å². The van der Waals surface area contributed by atoms with Gasteiger partial charge in [0.25, 0.3) is 5.69 Å². The smallest absolute Gasteiger partial charge is 0.288 e. The first-order valence-electron chi connectivity index (χ1n) is 9.42. The third-order valence-corrected chi connectivity index (χ3v) is 6.19. The Labute approximate surface area is 192 Å². The molecule has 5 rings (SSSR count). The van der Waals surface area contributed by atoms with Gasteiger partial charge < -0.3 is 4.74 Å². The Hall–Kier alpha value is -2.80. The standard InChI is InChI=1S/C22H14Cl3N3O3/c23-14-4-1-12(2-5-14)18-11-19-16-10-15(24)6-8-21(16)31-22(27(19)26-18)13-3-7-17(25)20(9-13)28(29)30/h1-10,19,22H,11H2/t19-,22+/m0/s1. The van der Waals surface area contributed by atoms with E-state index in [0.29, 0.717) is 27.8 Å². The van der Waals surface area contributed by atoms with E-state index in [1.165, 1.54) is 12.1 Å². The first kappa shape index (κ1) is 20.1. The Balaban J connectivity index is 1.61. The Kier molecular flexibility index (Phi) is 5.01. The molecule has 0 saturated heterocycles. The Morgan fingerprint density at radius 1 is 1.00 bits per heavy atom. The van der Waals surface area contributed by atoms with Crippen molar-refractivity contribution in [1.82, 2.24) is 5.01 Å². The van der Waals surface area contributed by atoms with Crippen LogP contribution in [0.15, 0.2) is 65.8 Å². The number of hydrogen-bond donors (Lipinski definition) is 0. The van der Waals surface area contributed by atoms with E-state index in [1.807, 2.05) is 41.4 Å². The highest BCUT2D eigenvalue weighted by Crippen LogP contribution is 2.48. The summed E-state index contributed by atoms with van der Waals surface area (Å²) in [6.45, 7) is 0. The molecule has 3 aromatic carbocycles. The number of rotatable bonds is 3. The summed E-state index contributed by atoms with van der Waals surface area (Å²) < 4.78 is 6.24. The summed E-state index contributed by atoms with van der Waals surface area (Å²) in [5.74, 6) is 0.667. The second-order valence-electron chi connectivity index (χ2n) is 7.27. The van der Waals surface area contributed by atoms with Crippen LogP contribution in [0.2, 0.25) is 15.1 Å². The van der Waals surface area contributed by atoms with Crippen LogP contribution in [-0.2, 0) is 0 Å². The van der Waals surface area contributed by atoms with Crippen LogP contribution in [0.4, 0.5) is 5.69 Å². The molecule has 0 bridgehead atoms. The predicted octanol–water partition coefficient (Wildman–Crippen LogP) is 6.80. The second kappa shape index (κ2) is 7.71. The number of halogens is 3. The molecule has 0 aliphatic carbocycles. The monoisotopic (exact) mass is 473 g/mol. The first-order valence-corrected chi connectivity index (χ1v) is 10.6. The van der Waals surface area contributed by atoms with Gasteiger partial charge in [0.2, 0.25) is 6.23 Å². The minimum Gasteiger partial charge on any atom is -0.464 e. The van der Waals surface area contributed by atoms with Crippen molar-refractivity contribution in [3.8, 4) is 5.75 Å². The van der Waals surface area contributed by atoms with Gasteiger partial charge >= 0.3 is 0 Å². The van der Waals surface area contributed by atoms with E-state index < -0.39 is 11.2 Å². The van der Waals surface area contributed by atoms with Crippen molar-refractivity contribution < 1.29 is 9.66 Å². The molecule has 2 atom stereocenters. The maximum absolute atomic E-state index is 11.4. The van der Waals surface area contributed by atoms with Crippen LogP contribution in [0, 0.1) is 10.1 Å². The zero-order chi connectivity index (χ0) is 21.7. The van der Waals surface area contributed by atoms with E-state index in [1.54, 1.807) is 12.1 Å². The van der Waals surface area contributed by atoms with Crippen molar-refractivity contribution in [2.75, 3.05) is 0 Å². The van der Waals surface area contributed by atoms with Gasteiger partial charge in [-0.05, 0) is 42.0 Å². The maximum atomic E-state index is 11.4. The topological polar surface area (TPSA) is 68.0 Å². The lowest BCUT2D eigenvalue weighted by molar-refractivity contribution is -0.384. The summed E-state index contributed by atoms with van der Waals surface area (Å²) in [7, 11) is 0. The normalized spacial score (nSPS) is 19.3. The van der Waals surface area contributed by atoms with E-state index in [9.17, 15) is 10.1 Å². The Morgan fingerprint density at radius 3 is 2.48 bits per heavy atom. The minimum absolute atomic E-state index is 0.0695. The molecule has 0 aromatic heterocycles. The third-order valence-electron chi connectivity index (χ3n) is 5.38. The summed E-state index contributed by atoms with van der Waals surface area (Å²) >= 11 is 18.3. The van der Waals surface area contributed by atoms with Crippen LogP contribution < -0.4 is 4.74 Å². The van der Waals surface area contributed by atoms with Gasteiger partial charge in [-0.15, -0.1) is 0 Å².